The van der Waals surface area contributed by atoms with Crippen molar-refractivity contribution in [1.29, 1.82) is 0 Å². The van der Waals surface area contributed by atoms with Crippen molar-refractivity contribution in [3.05, 3.63) is 28.3 Å². The van der Waals surface area contributed by atoms with E-state index in [0.717, 1.165) is 37.3 Å². The van der Waals surface area contributed by atoms with Crippen LogP contribution in [0.2, 0.25) is 0 Å². The van der Waals surface area contributed by atoms with E-state index in [1.54, 1.807) is 6.07 Å². The summed E-state index contributed by atoms with van der Waals surface area (Å²) in [6, 6.07) is 4.51. The summed E-state index contributed by atoms with van der Waals surface area (Å²) in [5.74, 6) is -0.111. The lowest BCUT2D eigenvalue weighted by molar-refractivity contribution is -0.384. The molecule has 1 saturated heterocycles. The quantitative estimate of drug-likeness (QED) is 0.648. The van der Waals surface area contributed by atoms with Gasteiger partial charge < -0.3 is 10.6 Å². The first-order valence-electron chi connectivity index (χ1n) is 7.40. The molecule has 1 amide bonds. The molecule has 2 aromatic rings. The van der Waals surface area contributed by atoms with Crippen LogP contribution in [-0.2, 0) is 4.79 Å². The Hall–Kier alpha value is -2.10. The molecule has 3 rings (SSSR count). The van der Waals surface area contributed by atoms with Crippen molar-refractivity contribution in [2.45, 2.75) is 6.42 Å². The van der Waals surface area contributed by atoms with E-state index in [4.69, 9.17) is 0 Å². The fraction of sp³-hybridized carbons (Fsp3) is 0.429. The van der Waals surface area contributed by atoms with Crippen molar-refractivity contribution in [2.75, 3.05) is 38.0 Å². The Kier molecular flexibility index (Phi) is 4.79. The molecule has 1 aliphatic heterocycles. The van der Waals surface area contributed by atoms with E-state index in [9.17, 15) is 14.9 Å². The van der Waals surface area contributed by atoms with Crippen LogP contribution in [0.5, 0.6) is 0 Å². The van der Waals surface area contributed by atoms with Gasteiger partial charge in [-0.05, 0) is 25.6 Å². The second-order valence-corrected chi connectivity index (χ2v) is 6.39. The number of non-ortho nitro benzene ring substituents is 1. The molecule has 0 radical (unpaired) electrons. The normalized spacial score (nSPS) is 16.2. The largest absolute Gasteiger partial charge is 0.315 e. The van der Waals surface area contributed by atoms with Crippen LogP contribution in [0.3, 0.4) is 0 Å². The molecule has 1 aromatic heterocycles. The number of anilines is 1. The monoisotopic (exact) mass is 335 g/mol. The van der Waals surface area contributed by atoms with Gasteiger partial charge in [0, 0.05) is 25.2 Å². The van der Waals surface area contributed by atoms with Crippen molar-refractivity contribution >= 4 is 38.3 Å². The maximum Gasteiger partial charge on any atom is 0.271 e. The zero-order valence-corrected chi connectivity index (χ0v) is 13.3. The Balaban J connectivity index is 1.65. The van der Waals surface area contributed by atoms with Crippen LogP contribution in [0.1, 0.15) is 6.42 Å². The van der Waals surface area contributed by atoms with E-state index in [-0.39, 0.29) is 11.6 Å². The Morgan fingerprint density at radius 3 is 3.13 bits per heavy atom. The topological polar surface area (TPSA) is 100 Å². The summed E-state index contributed by atoms with van der Waals surface area (Å²) >= 11 is 1.32. The molecule has 0 saturated carbocycles. The number of nitro groups is 1. The van der Waals surface area contributed by atoms with E-state index in [0.29, 0.717) is 17.2 Å². The summed E-state index contributed by atoms with van der Waals surface area (Å²) in [5, 5.41) is 17.3. The summed E-state index contributed by atoms with van der Waals surface area (Å²) in [4.78, 5) is 28.8. The summed E-state index contributed by atoms with van der Waals surface area (Å²) in [6.07, 6.45) is 1.03. The Labute approximate surface area is 136 Å². The van der Waals surface area contributed by atoms with Gasteiger partial charge >= 0.3 is 0 Å². The molecule has 122 valence electrons. The van der Waals surface area contributed by atoms with Crippen LogP contribution < -0.4 is 10.6 Å². The molecule has 23 heavy (non-hydrogen) atoms. The number of hydrogen-bond acceptors (Lipinski definition) is 7. The molecule has 8 nitrogen and oxygen atoms in total. The lowest BCUT2D eigenvalue weighted by Gasteiger charge is -2.17. The molecule has 0 atom stereocenters. The Morgan fingerprint density at radius 1 is 1.43 bits per heavy atom. The number of aromatic nitrogens is 1. The molecular weight excluding hydrogens is 318 g/mol. The van der Waals surface area contributed by atoms with Gasteiger partial charge in [0.05, 0.1) is 21.7 Å². The Morgan fingerprint density at radius 2 is 2.30 bits per heavy atom. The maximum absolute atomic E-state index is 12.1. The molecular formula is C14H17N5O3S. The zero-order chi connectivity index (χ0) is 16.2. The lowest BCUT2D eigenvalue weighted by Crippen LogP contribution is -2.35. The molecule has 0 unspecified atom stereocenters. The average molecular weight is 335 g/mol. The summed E-state index contributed by atoms with van der Waals surface area (Å²) in [5.41, 5.74) is 0.524. The first-order chi connectivity index (χ1) is 11.1. The first kappa shape index (κ1) is 15.8. The third-order valence-electron chi connectivity index (χ3n) is 3.63. The number of nitrogens with zero attached hydrogens (tertiary/aromatic N) is 3. The smallest absolute Gasteiger partial charge is 0.271 e. The molecule has 0 aliphatic carbocycles. The molecule has 2 N–H and O–H groups in total. The fourth-order valence-electron chi connectivity index (χ4n) is 2.50. The number of rotatable bonds is 4. The van der Waals surface area contributed by atoms with Crippen LogP contribution in [0, 0.1) is 10.1 Å². The van der Waals surface area contributed by atoms with Gasteiger partial charge in [0.1, 0.15) is 0 Å². The molecule has 9 heteroatoms. The summed E-state index contributed by atoms with van der Waals surface area (Å²) < 4.78 is 0.810. The SMILES string of the molecule is O=C(CN1CCCNCC1)Nc1nc2cc([N+](=O)[O-])ccc2s1. The van der Waals surface area contributed by atoms with Gasteiger partial charge in [-0.1, -0.05) is 11.3 Å². The van der Waals surface area contributed by atoms with Crippen LogP contribution in [0.25, 0.3) is 10.2 Å². The predicted molar refractivity (Wildman–Crippen MR) is 88.8 cm³/mol. The van der Waals surface area contributed by atoms with Gasteiger partial charge in [0.25, 0.3) is 5.69 Å². The second kappa shape index (κ2) is 6.99. The van der Waals surface area contributed by atoms with E-state index >= 15 is 0 Å². The number of nitro benzene ring substituents is 1. The van der Waals surface area contributed by atoms with Crippen LogP contribution in [0.4, 0.5) is 10.8 Å². The first-order valence-corrected chi connectivity index (χ1v) is 8.21. The minimum atomic E-state index is -0.454. The third-order valence-corrected chi connectivity index (χ3v) is 4.58. The van der Waals surface area contributed by atoms with E-state index in [1.807, 2.05) is 0 Å². The fourth-order valence-corrected chi connectivity index (χ4v) is 3.37. The van der Waals surface area contributed by atoms with Crippen LogP contribution in [-0.4, -0.2) is 53.4 Å². The number of benzene rings is 1. The number of fused-ring (bicyclic) bond motifs is 1. The van der Waals surface area contributed by atoms with Gasteiger partial charge in [-0.3, -0.25) is 19.8 Å². The average Bonchev–Trinajstić information content (AvgIpc) is 2.72. The van der Waals surface area contributed by atoms with Gasteiger partial charge in [-0.15, -0.1) is 0 Å². The van der Waals surface area contributed by atoms with Crippen LogP contribution >= 0.6 is 11.3 Å². The third kappa shape index (κ3) is 4.01. The lowest BCUT2D eigenvalue weighted by atomic mass is 10.3. The molecule has 0 bridgehead atoms. The van der Waals surface area contributed by atoms with Crippen molar-refractivity contribution in [3.63, 3.8) is 0 Å². The maximum atomic E-state index is 12.1. The minimum absolute atomic E-state index is 0.00209. The van der Waals surface area contributed by atoms with Gasteiger partial charge in [-0.25, -0.2) is 4.98 Å². The van der Waals surface area contributed by atoms with Gasteiger partial charge in [-0.2, -0.15) is 0 Å². The number of hydrogen-bond donors (Lipinski definition) is 2. The van der Waals surface area contributed by atoms with E-state index in [2.05, 4.69) is 20.5 Å². The summed E-state index contributed by atoms with van der Waals surface area (Å²) in [6.45, 7) is 3.94. The minimum Gasteiger partial charge on any atom is -0.315 e. The van der Waals surface area contributed by atoms with Gasteiger partial charge in [0.15, 0.2) is 5.13 Å². The number of carbonyl (C=O) groups excluding carboxylic acids is 1. The highest BCUT2D eigenvalue weighted by Gasteiger charge is 2.15. The van der Waals surface area contributed by atoms with Crippen molar-refractivity contribution < 1.29 is 9.72 Å². The highest BCUT2D eigenvalue weighted by Crippen LogP contribution is 2.28. The molecule has 1 aliphatic rings. The molecule has 1 aromatic carbocycles. The number of carbonyl (C=O) groups is 1. The van der Waals surface area contributed by atoms with Crippen molar-refractivity contribution in [3.8, 4) is 0 Å². The highest BCUT2D eigenvalue weighted by atomic mass is 32.1. The highest BCUT2D eigenvalue weighted by molar-refractivity contribution is 7.22. The molecule has 1 fully saturated rings. The number of amides is 1. The van der Waals surface area contributed by atoms with Crippen molar-refractivity contribution in [2.24, 2.45) is 0 Å². The number of nitrogens with one attached hydrogen (secondary N) is 2. The standard InChI is InChI=1S/C14H17N5O3S/c20-13(9-18-6-1-4-15-5-7-18)17-14-16-11-8-10(19(21)22)2-3-12(11)23-14/h2-3,8,15H,1,4-7,9H2,(H,16,17,20). The van der Waals surface area contributed by atoms with Gasteiger partial charge in [0.2, 0.25) is 5.91 Å². The predicted octanol–water partition coefficient (Wildman–Crippen LogP) is 1.44. The van der Waals surface area contributed by atoms with E-state index < -0.39 is 4.92 Å². The zero-order valence-electron chi connectivity index (χ0n) is 12.4. The van der Waals surface area contributed by atoms with Crippen molar-refractivity contribution in [1.82, 2.24) is 15.2 Å². The second-order valence-electron chi connectivity index (χ2n) is 5.36. The van der Waals surface area contributed by atoms with Crippen LogP contribution in [0.15, 0.2) is 18.2 Å². The summed E-state index contributed by atoms with van der Waals surface area (Å²) in [7, 11) is 0. The number of thiazole rings is 1. The molecule has 0 spiro atoms. The Bertz CT molecular complexity index is 724. The molecule has 2 heterocycles. The van der Waals surface area contributed by atoms with E-state index in [1.165, 1.54) is 23.5 Å².